The molecule has 2 aliphatic rings. The average Bonchev–Trinajstić information content (AvgIpc) is 3.59. The summed E-state index contributed by atoms with van der Waals surface area (Å²) in [5, 5.41) is 0.860. The minimum absolute atomic E-state index is 0. The summed E-state index contributed by atoms with van der Waals surface area (Å²) in [6.45, 7) is 22.5. The van der Waals surface area contributed by atoms with Crippen molar-refractivity contribution in [3.63, 3.8) is 0 Å². The molecule has 1 unspecified atom stereocenters. The smallest absolute Gasteiger partial charge is 0.772 e. The second kappa shape index (κ2) is 25.9. The van der Waals surface area contributed by atoms with Crippen LogP contribution in [0.1, 0.15) is 123 Å². The minimum Gasteiger partial charge on any atom is -0.772 e. The monoisotopic (exact) mass is 1220 g/mol. The summed E-state index contributed by atoms with van der Waals surface area (Å²) in [6, 6.07) is 15.4. The summed E-state index contributed by atoms with van der Waals surface area (Å²) >= 11 is 20.2. The maximum atomic E-state index is 13.5. The molecule has 366 valence electrons. The van der Waals surface area contributed by atoms with Gasteiger partial charge in [0.05, 0.1) is 38.2 Å². The number of carbonyl (C=O) groups is 2. The van der Waals surface area contributed by atoms with E-state index in [0.717, 1.165) is 11.6 Å². The fourth-order valence-electron chi connectivity index (χ4n) is 5.97. The molecule has 68 heavy (non-hydrogen) atoms. The van der Waals surface area contributed by atoms with Crippen LogP contribution in [0.4, 0.5) is 8.78 Å². The zero-order valence-corrected chi connectivity index (χ0v) is 50.2. The zero-order valence-electron chi connectivity index (χ0n) is 40.3. The summed E-state index contributed by atoms with van der Waals surface area (Å²) in [4.78, 5) is 25.2. The Balaban J connectivity index is 0.000000333. The quantitative estimate of drug-likeness (QED) is 0.0652. The molecule has 0 amide bonds. The first-order valence-corrected chi connectivity index (χ1v) is 27.4. The Morgan fingerprint density at radius 1 is 0.662 bits per heavy atom. The van der Waals surface area contributed by atoms with E-state index < -0.39 is 46.6 Å². The van der Waals surface area contributed by atoms with Crippen molar-refractivity contribution in [2.24, 2.45) is 0 Å². The Hall–Kier alpha value is -0.870. The van der Waals surface area contributed by atoms with Crippen LogP contribution in [0.3, 0.4) is 0 Å². The number of benzene rings is 4. The largest absolute Gasteiger partial charge is 1.00 e. The molecule has 4 aromatic rings. The van der Waals surface area contributed by atoms with Gasteiger partial charge >= 0.3 is 43.6 Å². The number of ketones is 2. The van der Waals surface area contributed by atoms with Gasteiger partial charge in [0.25, 0.3) is 0 Å². The first-order valence-electron chi connectivity index (χ1n) is 20.8. The average molecular weight is 1220 g/mol. The Kier molecular flexibility index (Phi) is 24.1. The van der Waals surface area contributed by atoms with Crippen molar-refractivity contribution < 1.29 is 83.7 Å². The summed E-state index contributed by atoms with van der Waals surface area (Å²) < 4.78 is 94.0. The summed E-state index contributed by atoms with van der Waals surface area (Å²) in [5.74, 6) is -1.30. The number of hydrogen-bond donors (Lipinski definition) is 0. The summed E-state index contributed by atoms with van der Waals surface area (Å²) in [7, 11) is -4.11. The van der Waals surface area contributed by atoms with Crippen LogP contribution in [0.2, 0.25) is 10.0 Å². The third kappa shape index (κ3) is 16.6. The molecule has 2 aliphatic heterocycles. The standard InChI is InChI=1S/C17H15BrClFO3S.C15H10Br2ClFO.C12H24B2O4.C2H6O2S.Na/c1-3-24(22,23)9-11-4-5-12(14(18)7-11)17(21)13-6-10(2)16(20)8-15(13)19;1-8-4-11(13(18)6-14(8)19)15(20)10-3-2-9(7-16)5-12(10)17;1-9(2)10(3,4)16-13(15-9)14-17-11(5,6)12(7,8)18-14;1-2-5(3)4;/h4-8H,3,9H2,1-2H3;2-6H,7H2,1H3;1-8H3;2H2,1H3,(H,3,4);/q;;;;+1/p-1. The molecular formula is C46H54B2Br3Cl2F2NaO10S2. The van der Waals surface area contributed by atoms with Gasteiger partial charge in [0.1, 0.15) is 11.6 Å². The van der Waals surface area contributed by atoms with E-state index in [-0.39, 0.29) is 96.4 Å². The maximum absolute atomic E-state index is 13.5. The van der Waals surface area contributed by atoms with Crippen molar-refractivity contribution in [3.8, 4) is 0 Å². The molecule has 2 fully saturated rings. The Bertz CT molecular complexity index is 2540. The minimum atomic E-state index is -3.16. The van der Waals surface area contributed by atoms with E-state index in [1.807, 2.05) is 67.5 Å². The summed E-state index contributed by atoms with van der Waals surface area (Å²) in [6.07, 6.45) is 0. The fraction of sp³-hybridized carbons (Fsp3) is 0.435. The molecule has 0 radical (unpaired) electrons. The first kappa shape index (κ1) is 63.2. The SMILES string of the molecule is CC1(C)OB(B2OC(C)(C)C(C)(C)O2)OC1(C)C.CCS(=O)(=O)Cc1ccc(C(=O)c2cc(C)c(F)cc2Cl)c(Br)c1.CCS(=O)[O-].Cc1cc(C(=O)c2ccc(CBr)cc2Br)c(Cl)cc1F.[Na+]. The van der Waals surface area contributed by atoms with E-state index in [4.69, 9.17) is 41.8 Å². The molecule has 0 spiro atoms. The van der Waals surface area contributed by atoms with Gasteiger partial charge < -0.3 is 23.2 Å². The van der Waals surface area contributed by atoms with Gasteiger partial charge in [0.2, 0.25) is 0 Å². The van der Waals surface area contributed by atoms with E-state index in [1.165, 1.54) is 18.2 Å². The molecule has 0 aromatic heterocycles. The second-order valence-corrected chi connectivity index (χ2v) is 24.2. The van der Waals surface area contributed by atoms with Gasteiger partial charge in [-0.2, -0.15) is 0 Å². The molecule has 22 heteroatoms. The van der Waals surface area contributed by atoms with Crippen molar-refractivity contribution in [1.29, 1.82) is 0 Å². The number of halogens is 7. The van der Waals surface area contributed by atoms with Crippen LogP contribution >= 0.6 is 71.0 Å². The van der Waals surface area contributed by atoms with Crippen LogP contribution < -0.4 is 29.6 Å². The zero-order chi connectivity index (χ0) is 51.2. The molecule has 2 saturated heterocycles. The van der Waals surface area contributed by atoms with Crippen molar-refractivity contribution in [3.05, 3.63) is 136 Å². The number of hydrogen-bond acceptors (Lipinski definition) is 10. The number of alkyl halides is 1. The molecule has 6 rings (SSSR count). The second-order valence-electron chi connectivity index (χ2n) is 17.6. The molecule has 4 aromatic carbocycles. The van der Waals surface area contributed by atoms with Gasteiger partial charge in [-0.25, -0.2) is 17.2 Å². The van der Waals surface area contributed by atoms with Crippen molar-refractivity contribution in [1.82, 2.24) is 0 Å². The van der Waals surface area contributed by atoms with E-state index in [2.05, 4.69) is 47.8 Å². The topological polar surface area (TPSA) is 145 Å². The van der Waals surface area contributed by atoms with E-state index in [1.54, 1.807) is 52.0 Å². The Labute approximate surface area is 460 Å². The molecule has 0 N–H and O–H groups in total. The van der Waals surface area contributed by atoms with Crippen LogP contribution in [-0.4, -0.2) is 76.7 Å². The van der Waals surface area contributed by atoms with Gasteiger partial charge in [-0.3, -0.25) is 13.8 Å². The molecule has 0 saturated carbocycles. The van der Waals surface area contributed by atoms with Crippen LogP contribution in [-0.2, 0) is 50.6 Å². The van der Waals surface area contributed by atoms with Gasteiger partial charge in [-0.15, -0.1) is 0 Å². The number of sulfone groups is 1. The molecule has 1 atom stereocenters. The number of rotatable bonds is 10. The van der Waals surface area contributed by atoms with Crippen molar-refractivity contribution in [2.45, 2.75) is 117 Å². The maximum Gasteiger partial charge on any atom is 1.00 e. The van der Waals surface area contributed by atoms with E-state index >= 15 is 0 Å². The first-order chi connectivity index (χ1) is 30.7. The molecule has 0 aliphatic carbocycles. The molecule has 2 heterocycles. The van der Waals surface area contributed by atoms with Gasteiger partial charge in [0.15, 0.2) is 21.4 Å². The number of aryl methyl sites for hydroxylation is 2. The number of carbonyl (C=O) groups excluding carboxylic acids is 2. The van der Waals surface area contributed by atoms with Gasteiger partial charge in [-0.1, -0.05) is 108 Å². The Morgan fingerprint density at radius 3 is 1.28 bits per heavy atom. The predicted octanol–water partition coefficient (Wildman–Crippen LogP) is 9.53. The molecule has 0 bridgehead atoms. The van der Waals surface area contributed by atoms with Crippen LogP contribution in [0.25, 0.3) is 0 Å². The molecular weight excluding hydrogens is 1170 g/mol. The fourth-order valence-corrected chi connectivity index (χ4v) is 8.89. The van der Waals surface area contributed by atoms with E-state index in [0.29, 0.717) is 47.7 Å². The predicted molar refractivity (Wildman–Crippen MR) is 275 cm³/mol. The van der Waals surface area contributed by atoms with Crippen LogP contribution in [0, 0.1) is 25.5 Å². The third-order valence-corrected chi connectivity index (χ3v) is 16.2. The van der Waals surface area contributed by atoms with Crippen LogP contribution in [0.5, 0.6) is 0 Å². The molecule has 10 nitrogen and oxygen atoms in total. The van der Waals surface area contributed by atoms with Crippen molar-refractivity contribution >= 4 is 117 Å². The third-order valence-electron chi connectivity index (χ3n) is 11.5. The normalized spacial score (nSPS) is 16.8. The van der Waals surface area contributed by atoms with E-state index in [9.17, 15) is 35.5 Å². The van der Waals surface area contributed by atoms with Crippen LogP contribution in [0.15, 0.2) is 69.6 Å². The Morgan fingerprint density at radius 2 is 0.985 bits per heavy atom. The van der Waals surface area contributed by atoms with Gasteiger partial charge in [0, 0.05) is 48.0 Å². The summed E-state index contributed by atoms with van der Waals surface area (Å²) in [5.41, 5.74) is 2.25. The van der Waals surface area contributed by atoms with Crippen molar-refractivity contribution in [2.75, 3.05) is 11.5 Å². The van der Waals surface area contributed by atoms with Gasteiger partial charge in [-0.05, 0) is 140 Å².